The summed E-state index contributed by atoms with van der Waals surface area (Å²) >= 11 is 0. The third kappa shape index (κ3) is 5.65. The first-order valence-electron chi connectivity index (χ1n) is 13.6. The number of rotatable bonds is 8. The van der Waals surface area contributed by atoms with Gasteiger partial charge in [0.2, 0.25) is 0 Å². The zero-order valence-electron chi connectivity index (χ0n) is 23.5. The molecular formula is C34H40N4. The molecule has 0 aliphatic rings. The summed E-state index contributed by atoms with van der Waals surface area (Å²) in [4.78, 5) is 10.0. The molecule has 0 radical (unpaired) electrons. The van der Waals surface area contributed by atoms with Crippen molar-refractivity contribution in [3.05, 3.63) is 129 Å². The van der Waals surface area contributed by atoms with Crippen LogP contribution in [0.5, 0.6) is 0 Å². The van der Waals surface area contributed by atoms with Crippen LogP contribution in [0.4, 0.5) is 0 Å². The maximum Gasteiger partial charge on any atom is 0.137 e. The molecule has 38 heavy (non-hydrogen) atoms. The minimum atomic E-state index is 0. The molecule has 196 valence electrons. The number of hydrogen-bond donors (Lipinski definition) is 0. The molecule has 0 saturated carbocycles. The summed E-state index contributed by atoms with van der Waals surface area (Å²) in [7, 11) is 0. The van der Waals surface area contributed by atoms with Gasteiger partial charge in [-0.1, -0.05) is 24.3 Å². The molecule has 0 bridgehead atoms. The average Bonchev–Trinajstić information content (AvgIpc) is 3.40. The number of benzene rings is 1. The van der Waals surface area contributed by atoms with Gasteiger partial charge < -0.3 is 9.13 Å². The van der Waals surface area contributed by atoms with Crippen molar-refractivity contribution in [3.8, 4) is 11.6 Å². The molecule has 0 aliphatic carbocycles. The average molecular weight is 505 g/mol. The van der Waals surface area contributed by atoms with Crippen molar-refractivity contribution < 1.29 is 1.43 Å². The van der Waals surface area contributed by atoms with Gasteiger partial charge in [-0.2, -0.15) is 0 Å². The summed E-state index contributed by atoms with van der Waals surface area (Å²) < 4.78 is 4.47. The van der Waals surface area contributed by atoms with Crippen LogP contribution in [0.15, 0.2) is 72.8 Å². The lowest BCUT2D eigenvalue weighted by Crippen LogP contribution is -2.06. The minimum Gasteiger partial charge on any atom is -0.303 e. The zero-order valence-corrected chi connectivity index (χ0v) is 23.5. The molecule has 0 saturated heterocycles. The highest BCUT2D eigenvalue weighted by molar-refractivity contribution is 5.37. The second-order valence-electron chi connectivity index (χ2n) is 10.7. The Labute approximate surface area is 228 Å². The van der Waals surface area contributed by atoms with Crippen molar-refractivity contribution in [2.45, 2.75) is 67.2 Å². The van der Waals surface area contributed by atoms with Crippen LogP contribution in [0.25, 0.3) is 11.6 Å². The molecule has 0 atom stereocenters. The van der Waals surface area contributed by atoms with Crippen LogP contribution >= 0.6 is 0 Å². The van der Waals surface area contributed by atoms with E-state index in [2.05, 4.69) is 123 Å². The van der Waals surface area contributed by atoms with Crippen LogP contribution in [0, 0.1) is 41.5 Å². The third-order valence-corrected chi connectivity index (χ3v) is 7.35. The van der Waals surface area contributed by atoms with E-state index in [1.165, 1.54) is 45.0 Å². The number of nitrogens with zero attached hydrogens (tertiary/aromatic N) is 4. The normalized spacial score (nSPS) is 11.3. The molecule has 4 heterocycles. The zero-order chi connectivity index (χ0) is 26.8. The van der Waals surface area contributed by atoms with E-state index < -0.39 is 0 Å². The highest BCUT2D eigenvalue weighted by atomic mass is 15.1. The lowest BCUT2D eigenvalue weighted by Gasteiger charge is -2.12. The van der Waals surface area contributed by atoms with E-state index in [1.54, 1.807) is 0 Å². The summed E-state index contributed by atoms with van der Waals surface area (Å²) in [5, 5.41) is 0. The molecule has 0 spiro atoms. The summed E-state index contributed by atoms with van der Waals surface area (Å²) in [6.07, 6.45) is 3.81. The summed E-state index contributed by atoms with van der Waals surface area (Å²) in [5.41, 5.74) is 12.4. The number of aromatic nitrogens is 4. The first-order valence-corrected chi connectivity index (χ1v) is 13.6. The van der Waals surface area contributed by atoms with Crippen molar-refractivity contribution in [2.24, 2.45) is 0 Å². The molecule has 0 unspecified atom stereocenters. The fourth-order valence-corrected chi connectivity index (χ4v) is 5.47. The van der Waals surface area contributed by atoms with Gasteiger partial charge in [0.15, 0.2) is 0 Å². The van der Waals surface area contributed by atoms with E-state index in [-0.39, 0.29) is 1.43 Å². The Morgan fingerprint density at radius 3 is 1.29 bits per heavy atom. The van der Waals surface area contributed by atoms with Gasteiger partial charge in [0.25, 0.3) is 0 Å². The van der Waals surface area contributed by atoms with Crippen molar-refractivity contribution in [2.75, 3.05) is 0 Å². The second-order valence-corrected chi connectivity index (χ2v) is 10.7. The van der Waals surface area contributed by atoms with Gasteiger partial charge >= 0.3 is 0 Å². The van der Waals surface area contributed by atoms with Crippen LogP contribution in [0.1, 0.15) is 57.8 Å². The predicted molar refractivity (Wildman–Crippen MR) is 159 cm³/mol. The molecule has 0 fully saturated rings. The topological polar surface area (TPSA) is 35.6 Å². The first kappa shape index (κ1) is 25.7. The van der Waals surface area contributed by atoms with E-state index >= 15 is 0 Å². The van der Waals surface area contributed by atoms with Crippen molar-refractivity contribution in [3.63, 3.8) is 0 Å². The van der Waals surface area contributed by atoms with Crippen LogP contribution in [-0.4, -0.2) is 19.1 Å². The Morgan fingerprint density at radius 1 is 0.500 bits per heavy atom. The lowest BCUT2D eigenvalue weighted by atomic mass is 10.0. The molecule has 4 aromatic heterocycles. The Balaban J connectivity index is 0.00000353. The quantitative estimate of drug-likeness (QED) is 0.217. The largest absolute Gasteiger partial charge is 0.303 e. The molecule has 4 heteroatoms. The maximum absolute atomic E-state index is 5.01. The van der Waals surface area contributed by atoms with Crippen molar-refractivity contribution in [1.82, 2.24) is 19.1 Å². The fourth-order valence-electron chi connectivity index (χ4n) is 5.47. The predicted octanol–water partition coefficient (Wildman–Crippen LogP) is 7.72. The number of aryl methyl sites for hydroxylation is 10. The SMILES string of the molecule is Cc1cc(CCc2cccc(CCc3cc(C)cc(-n4c(C)ccc4C)n3)c2)nc(-n2c(C)ccc2C)c1.[HH]. The standard InChI is InChI=1S/C34H38N4.H2/c1-23-18-31(35-33(20-23)37-25(3)10-11-26(37)4)16-14-29-8-7-9-30(22-29)15-17-32-19-24(2)21-34(36-32)38-27(5)12-13-28(38)6;/h7-13,18-22H,14-17H2,1-6H3;1H. The molecular weight excluding hydrogens is 464 g/mol. The third-order valence-electron chi connectivity index (χ3n) is 7.35. The van der Waals surface area contributed by atoms with Gasteiger partial charge in [-0.05, 0) is 138 Å². The molecule has 0 amide bonds. The highest BCUT2D eigenvalue weighted by Crippen LogP contribution is 2.20. The molecule has 5 rings (SSSR count). The maximum atomic E-state index is 5.01. The monoisotopic (exact) mass is 504 g/mol. The first-order chi connectivity index (χ1) is 18.3. The Bertz CT molecular complexity index is 1440. The van der Waals surface area contributed by atoms with Crippen LogP contribution in [0.3, 0.4) is 0 Å². The van der Waals surface area contributed by atoms with E-state index in [0.717, 1.165) is 48.7 Å². The minimum absolute atomic E-state index is 0. The Morgan fingerprint density at radius 2 is 0.895 bits per heavy atom. The second kappa shape index (κ2) is 10.8. The van der Waals surface area contributed by atoms with Crippen LogP contribution in [-0.2, 0) is 25.7 Å². The van der Waals surface area contributed by atoms with Gasteiger partial charge in [0, 0.05) is 35.6 Å². The van der Waals surface area contributed by atoms with Gasteiger partial charge in [-0.3, -0.25) is 0 Å². The van der Waals surface area contributed by atoms with E-state index in [1.807, 2.05) is 0 Å². The van der Waals surface area contributed by atoms with E-state index in [9.17, 15) is 0 Å². The Kier molecular flexibility index (Phi) is 7.33. The molecule has 0 N–H and O–H groups in total. The Hall–Kier alpha value is -3.92. The van der Waals surface area contributed by atoms with Gasteiger partial charge in [-0.25, -0.2) is 9.97 Å². The van der Waals surface area contributed by atoms with Crippen LogP contribution in [0.2, 0.25) is 0 Å². The molecule has 1 aromatic carbocycles. The number of hydrogen-bond acceptors (Lipinski definition) is 2. The number of pyridine rings is 2. The van der Waals surface area contributed by atoms with E-state index in [4.69, 9.17) is 9.97 Å². The van der Waals surface area contributed by atoms with Crippen molar-refractivity contribution >= 4 is 0 Å². The molecule has 0 aliphatic heterocycles. The summed E-state index contributed by atoms with van der Waals surface area (Å²) in [5.74, 6) is 2.04. The summed E-state index contributed by atoms with van der Waals surface area (Å²) in [6.45, 7) is 12.9. The van der Waals surface area contributed by atoms with E-state index in [0.29, 0.717) is 0 Å². The van der Waals surface area contributed by atoms with Crippen LogP contribution < -0.4 is 0 Å². The molecule has 4 nitrogen and oxygen atoms in total. The van der Waals surface area contributed by atoms with Crippen molar-refractivity contribution in [1.29, 1.82) is 0 Å². The lowest BCUT2D eigenvalue weighted by molar-refractivity contribution is 0.851. The highest BCUT2D eigenvalue weighted by Gasteiger charge is 2.10. The van der Waals surface area contributed by atoms with Gasteiger partial charge in [0.1, 0.15) is 11.6 Å². The fraction of sp³-hybridized carbons (Fsp3) is 0.294. The van der Waals surface area contributed by atoms with Gasteiger partial charge in [0.05, 0.1) is 0 Å². The van der Waals surface area contributed by atoms with Gasteiger partial charge in [-0.15, -0.1) is 0 Å². The smallest absolute Gasteiger partial charge is 0.137 e. The molecule has 5 aromatic rings. The summed E-state index contributed by atoms with van der Waals surface area (Å²) in [6, 6.07) is 26.4.